The van der Waals surface area contributed by atoms with Crippen LogP contribution in [0.25, 0.3) is 0 Å². The van der Waals surface area contributed by atoms with E-state index in [9.17, 15) is 9.18 Å². The molecule has 1 aromatic carbocycles. The Bertz CT molecular complexity index is 771. The van der Waals surface area contributed by atoms with Crippen LogP contribution in [-0.2, 0) is 11.3 Å². The van der Waals surface area contributed by atoms with Gasteiger partial charge in [0, 0.05) is 24.7 Å². The molecule has 1 aliphatic rings. The number of nitrogens with zero attached hydrogens (tertiary/aromatic N) is 2. The van der Waals surface area contributed by atoms with Gasteiger partial charge in [-0.2, -0.15) is 0 Å². The van der Waals surface area contributed by atoms with Gasteiger partial charge in [0.1, 0.15) is 5.82 Å². The van der Waals surface area contributed by atoms with Crippen molar-refractivity contribution in [2.75, 3.05) is 13.1 Å². The van der Waals surface area contributed by atoms with Gasteiger partial charge in [0.25, 0.3) is 0 Å². The Morgan fingerprint density at radius 1 is 1.25 bits per heavy atom. The minimum atomic E-state index is -0.449. The van der Waals surface area contributed by atoms with E-state index >= 15 is 0 Å². The third-order valence-corrected chi connectivity index (χ3v) is 5.31. The number of rotatable bonds is 5. The van der Waals surface area contributed by atoms with Crippen molar-refractivity contribution < 1.29 is 9.18 Å². The second-order valence-electron chi connectivity index (χ2n) is 8.72. The lowest BCUT2D eigenvalue weighted by molar-refractivity contribution is -0.130. The van der Waals surface area contributed by atoms with Crippen LogP contribution >= 0.6 is 0 Å². The van der Waals surface area contributed by atoms with Gasteiger partial charge in [-0.15, -0.1) is 0 Å². The van der Waals surface area contributed by atoms with Crippen molar-refractivity contribution in [2.45, 2.75) is 46.2 Å². The van der Waals surface area contributed by atoms with Gasteiger partial charge in [-0.1, -0.05) is 39.0 Å². The summed E-state index contributed by atoms with van der Waals surface area (Å²) < 4.78 is 13.2. The fraction of sp³-hybridized carbons (Fsp3) is 0.478. The summed E-state index contributed by atoms with van der Waals surface area (Å²) in [7, 11) is 0. The van der Waals surface area contributed by atoms with E-state index in [4.69, 9.17) is 0 Å². The van der Waals surface area contributed by atoms with Crippen LogP contribution in [0.5, 0.6) is 0 Å². The number of hydrogen-bond donors (Lipinski definition) is 1. The lowest BCUT2D eigenvalue weighted by Crippen LogP contribution is -2.45. The molecule has 2 aromatic rings. The van der Waals surface area contributed by atoms with Crippen molar-refractivity contribution >= 4 is 5.91 Å². The molecule has 28 heavy (non-hydrogen) atoms. The van der Waals surface area contributed by atoms with Gasteiger partial charge >= 0.3 is 0 Å². The third-order valence-electron chi connectivity index (χ3n) is 5.31. The maximum absolute atomic E-state index is 13.2. The van der Waals surface area contributed by atoms with Crippen LogP contribution in [0.15, 0.2) is 48.7 Å². The number of pyridine rings is 1. The van der Waals surface area contributed by atoms with Gasteiger partial charge in [-0.05, 0) is 55.1 Å². The van der Waals surface area contributed by atoms with Gasteiger partial charge in [-0.3, -0.25) is 14.7 Å². The van der Waals surface area contributed by atoms with E-state index in [0.29, 0.717) is 0 Å². The number of likely N-dealkylation sites (tertiary alicyclic amines) is 1. The monoisotopic (exact) mass is 383 g/mol. The van der Waals surface area contributed by atoms with E-state index < -0.39 is 5.41 Å². The fourth-order valence-electron chi connectivity index (χ4n) is 3.71. The van der Waals surface area contributed by atoms with Crippen LogP contribution in [0.1, 0.15) is 50.9 Å². The second kappa shape index (κ2) is 8.82. The standard InChI is InChI=1S/C23H30FN3O/c1-23(2,3)22(28)26-21(20-8-4-5-13-25-20)18-7-6-14-27(16-18)15-17-9-11-19(24)12-10-17/h4-5,8-13,18,21H,6-7,14-16H2,1-3H3,(H,26,28). The lowest BCUT2D eigenvalue weighted by Gasteiger charge is -2.38. The molecular weight excluding hydrogens is 353 g/mol. The first-order valence-corrected chi connectivity index (χ1v) is 10.0. The molecule has 3 rings (SSSR count). The summed E-state index contributed by atoms with van der Waals surface area (Å²) >= 11 is 0. The molecule has 0 bridgehead atoms. The quantitative estimate of drug-likeness (QED) is 0.836. The Morgan fingerprint density at radius 3 is 2.64 bits per heavy atom. The van der Waals surface area contributed by atoms with Crippen molar-refractivity contribution in [3.63, 3.8) is 0 Å². The molecule has 5 heteroatoms. The average Bonchev–Trinajstić information content (AvgIpc) is 2.68. The summed E-state index contributed by atoms with van der Waals surface area (Å²) in [6.07, 6.45) is 3.90. The first-order valence-electron chi connectivity index (χ1n) is 10.0. The van der Waals surface area contributed by atoms with Crippen LogP contribution in [0.4, 0.5) is 4.39 Å². The Hall–Kier alpha value is -2.27. The smallest absolute Gasteiger partial charge is 0.225 e. The summed E-state index contributed by atoms with van der Waals surface area (Å²) in [6.45, 7) is 8.47. The van der Waals surface area contributed by atoms with Crippen molar-refractivity contribution in [1.82, 2.24) is 15.2 Å². The zero-order chi connectivity index (χ0) is 20.1. The minimum absolute atomic E-state index is 0.0406. The van der Waals surface area contributed by atoms with Gasteiger partial charge in [-0.25, -0.2) is 4.39 Å². The molecule has 1 N–H and O–H groups in total. The normalized spacial score (nSPS) is 19.2. The summed E-state index contributed by atoms with van der Waals surface area (Å²) in [5.74, 6) is 0.120. The minimum Gasteiger partial charge on any atom is -0.347 e. The summed E-state index contributed by atoms with van der Waals surface area (Å²) in [6, 6.07) is 12.5. The van der Waals surface area contributed by atoms with E-state index in [1.807, 2.05) is 51.1 Å². The van der Waals surface area contributed by atoms with Crippen LogP contribution in [0, 0.1) is 17.2 Å². The second-order valence-corrected chi connectivity index (χ2v) is 8.72. The maximum Gasteiger partial charge on any atom is 0.225 e. The molecular formula is C23H30FN3O. The van der Waals surface area contributed by atoms with E-state index in [0.717, 1.165) is 43.7 Å². The van der Waals surface area contributed by atoms with E-state index in [-0.39, 0.29) is 23.7 Å². The average molecular weight is 384 g/mol. The van der Waals surface area contributed by atoms with Crippen LogP contribution < -0.4 is 5.32 Å². The Morgan fingerprint density at radius 2 is 2.00 bits per heavy atom. The molecule has 1 amide bonds. The third kappa shape index (κ3) is 5.38. The molecule has 0 saturated carbocycles. The molecule has 4 nitrogen and oxygen atoms in total. The highest BCUT2D eigenvalue weighted by Gasteiger charge is 2.33. The first-order chi connectivity index (χ1) is 13.3. The fourth-order valence-corrected chi connectivity index (χ4v) is 3.71. The molecule has 1 aromatic heterocycles. The number of carbonyl (C=O) groups excluding carboxylic acids is 1. The van der Waals surface area contributed by atoms with Gasteiger partial charge < -0.3 is 5.32 Å². The molecule has 0 aliphatic carbocycles. The topological polar surface area (TPSA) is 45.2 Å². The molecule has 150 valence electrons. The zero-order valence-electron chi connectivity index (χ0n) is 17.0. The Kier molecular flexibility index (Phi) is 6.45. The summed E-state index contributed by atoms with van der Waals surface area (Å²) in [4.78, 5) is 19.6. The SMILES string of the molecule is CC(C)(C)C(=O)NC(c1ccccn1)C1CCCN(Cc2ccc(F)cc2)C1. The predicted octanol–water partition coefficient (Wildman–Crippen LogP) is 4.34. The molecule has 2 heterocycles. The molecule has 0 radical (unpaired) electrons. The largest absolute Gasteiger partial charge is 0.347 e. The van der Waals surface area contributed by atoms with Crippen LogP contribution in [0.2, 0.25) is 0 Å². The van der Waals surface area contributed by atoms with Crippen molar-refractivity contribution in [3.05, 3.63) is 65.7 Å². The number of benzene rings is 1. The highest BCUT2D eigenvalue weighted by atomic mass is 19.1. The lowest BCUT2D eigenvalue weighted by atomic mass is 9.86. The van der Waals surface area contributed by atoms with Crippen LogP contribution in [-0.4, -0.2) is 28.9 Å². The molecule has 2 unspecified atom stereocenters. The van der Waals surface area contributed by atoms with Crippen molar-refractivity contribution in [3.8, 4) is 0 Å². The number of amides is 1. The van der Waals surface area contributed by atoms with E-state index in [1.54, 1.807) is 6.20 Å². The van der Waals surface area contributed by atoms with Gasteiger partial charge in [0.2, 0.25) is 5.91 Å². The highest BCUT2D eigenvalue weighted by molar-refractivity contribution is 5.81. The zero-order valence-corrected chi connectivity index (χ0v) is 17.0. The number of nitrogens with one attached hydrogen (secondary N) is 1. The highest BCUT2D eigenvalue weighted by Crippen LogP contribution is 2.31. The van der Waals surface area contributed by atoms with Gasteiger partial charge in [0.15, 0.2) is 0 Å². The molecule has 2 atom stereocenters. The molecule has 1 saturated heterocycles. The number of carbonyl (C=O) groups is 1. The van der Waals surface area contributed by atoms with E-state index in [1.165, 1.54) is 12.1 Å². The van der Waals surface area contributed by atoms with Crippen LogP contribution in [0.3, 0.4) is 0 Å². The molecule has 0 spiro atoms. The number of halogens is 1. The molecule has 1 aliphatic heterocycles. The van der Waals surface area contributed by atoms with Gasteiger partial charge in [0.05, 0.1) is 11.7 Å². The molecule has 1 fully saturated rings. The van der Waals surface area contributed by atoms with Crippen molar-refractivity contribution in [1.29, 1.82) is 0 Å². The predicted molar refractivity (Wildman–Crippen MR) is 109 cm³/mol. The number of piperidine rings is 1. The maximum atomic E-state index is 13.2. The van der Waals surface area contributed by atoms with E-state index in [2.05, 4.69) is 15.2 Å². The summed E-state index contributed by atoms with van der Waals surface area (Å²) in [5.41, 5.74) is 1.57. The number of aromatic nitrogens is 1. The summed E-state index contributed by atoms with van der Waals surface area (Å²) in [5, 5.41) is 3.26. The first kappa shape index (κ1) is 20.5. The number of hydrogen-bond acceptors (Lipinski definition) is 3. The Balaban J connectivity index is 1.75. The van der Waals surface area contributed by atoms with Crippen molar-refractivity contribution in [2.24, 2.45) is 11.3 Å². The Labute approximate surface area is 167 Å².